The van der Waals surface area contributed by atoms with Gasteiger partial charge in [0.15, 0.2) is 0 Å². The summed E-state index contributed by atoms with van der Waals surface area (Å²) in [5.74, 6) is 0.0908. The number of para-hydroxylation sites is 1. The molecule has 19 heavy (non-hydrogen) atoms. The molecule has 1 aromatic carbocycles. The van der Waals surface area contributed by atoms with Crippen LogP contribution in [0.4, 0.5) is 5.69 Å². The lowest BCUT2D eigenvalue weighted by molar-refractivity contribution is -0.141. The van der Waals surface area contributed by atoms with Crippen molar-refractivity contribution in [3.63, 3.8) is 0 Å². The van der Waals surface area contributed by atoms with Gasteiger partial charge in [0.2, 0.25) is 5.91 Å². The molecule has 0 aromatic heterocycles. The summed E-state index contributed by atoms with van der Waals surface area (Å²) in [6.45, 7) is 2.85. The van der Waals surface area contributed by atoms with Gasteiger partial charge in [0, 0.05) is 18.7 Å². The van der Waals surface area contributed by atoms with Gasteiger partial charge in [0.05, 0.1) is 13.5 Å². The maximum atomic E-state index is 12.2. The van der Waals surface area contributed by atoms with E-state index >= 15 is 0 Å². The number of esters is 1. The van der Waals surface area contributed by atoms with Crippen LogP contribution >= 0.6 is 0 Å². The fourth-order valence-corrected chi connectivity index (χ4v) is 2.48. The lowest BCUT2D eigenvalue weighted by Crippen LogP contribution is -2.39. The zero-order chi connectivity index (χ0) is 13.8. The third kappa shape index (κ3) is 3.13. The molecule has 0 aliphatic carbocycles. The third-order valence-electron chi connectivity index (χ3n) is 3.42. The number of fused-ring (bicyclic) bond motifs is 1. The molecule has 4 nitrogen and oxygen atoms in total. The molecule has 4 heteroatoms. The fraction of sp³-hybridized carbons (Fsp3) is 0.467. The molecular weight excluding hydrogens is 242 g/mol. The molecule has 1 atom stereocenters. The molecule has 0 saturated heterocycles. The summed E-state index contributed by atoms with van der Waals surface area (Å²) in [6.07, 6.45) is 1.34. The predicted octanol–water partition coefficient (Wildman–Crippen LogP) is 2.17. The number of anilines is 1. The standard InChI is InChI=1S/C15H19NO3/c1-11-9-12-5-3-4-6-13(12)16(10-11)14(17)7-8-15(18)19-2/h3-6,11H,7-10H2,1-2H3. The zero-order valence-electron chi connectivity index (χ0n) is 11.4. The molecule has 0 radical (unpaired) electrons. The molecule has 2 rings (SSSR count). The van der Waals surface area contributed by atoms with Gasteiger partial charge in [-0.3, -0.25) is 9.59 Å². The Kier molecular flexibility index (Phi) is 4.20. The summed E-state index contributed by atoms with van der Waals surface area (Å²) >= 11 is 0. The summed E-state index contributed by atoms with van der Waals surface area (Å²) in [5, 5.41) is 0. The molecule has 1 aliphatic rings. The van der Waals surface area contributed by atoms with Crippen molar-refractivity contribution < 1.29 is 14.3 Å². The number of methoxy groups -OCH3 is 1. The molecule has 1 aliphatic heterocycles. The number of carbonyl (C=O) groups excluding carboxylic acids is 2. The van der Waals surface area contributed by atoms with Gasteiger partial charge < -0.3 is 9.64 Å². The Balaban J connectivity index is 2.11. The largest absolute Gasteiger partial charge is 0.469 e. The van der Waals surface area contributed by atoms with Crippen LogP contribution in [0, 0.1) is 5.92 Å². The summed E-state index contributed by atoms with van der Waals surface area (Å²) < 4.78 is 4.57. The van der Waals surface area contributed by atoms with Gasteiger partial charge in [0.25, 0.3) is 0 Å². The van der Waals surface area contributed by atoms with Gasteiger partial charge in [-0.25, -0.2) is 0 Å². The Morgan fingerprint density at radius 3 is 2.79 bits per heavy atom. The number of benzene rings is 1. The smallest absolute Gasteiger partial charge is 0.306 e. The maximum Gasteiger partial charge on any atom is 0.306 e. The van der Waals surface area contributed by atoms with Crippen LogP contribution in [0.15, 0.2) is 24.3 Å². The number of amides is 1. The predicted molar refractivity (Wildman–Crippen MR) is 72.9 cm³/mol. The van der Waals surface area contributed by atoms with Crippen LogP contribution in [-0.4, -0.2) is 25.5 Å². The monoisotopic (exact) mass is 261 g/mol. The van der Waals surface area contributed by atoms with E-state index in [1.165, 1.54) is 12.7 Å². The molecule has 0 bridgehead atoms. The highest BCUT2D eigenvalue weighted by atomic mass is 16.5. The van der Waals surface area contributed by atoms with E-state index in [4.69, 9.17) is 0 Å². The van der Waals surface area contributed by atoms with Crippen LogP contribution in [0.25, 0.3) is 0 Å². The first-order valence-corrected chi connectivity index (χ1v) is 6.57. The van der Waals surface area contributed by atoms with Gasteiger partial charge in [-0.2, -0.15) is 0 Å². The molecule has 0 N–H and O–H groups in total. The van der Waals surface area contributed by atoms with Gasteiger partial charge in [-0.15, -0.1) is 0 Å². The molecule has 0 spiro atoms. The Bertz CT molecular complexity index is 484. The van der Waals surface area contributed by atoms with Crippen molar-refractivity contribution in [1.82, 2.24) is 0 Å². The average Bonchev–Trinajstić information content (AvgIpc) is 2.43. The normalized spacial score (nSPS) is 17.8. The van der Waals surface area contributed by atoms with Crippen molar-refractivity contribution >= 4 is 17.6 Å². The summed E-state index contributed by atoms with van der Waals surface area (Å²) in [4.78, 5) is 25.2. The summed E-state index contributed by atoms with van der Waals surface area (Å²) in [7, 11) is 1.34. The molecule has 0 fully saturated rings. The van der Waals surface area contributed by atoms with E-state index in [0.29, 0.717) is 5.92 Å². The van der Waals surface area contributed by atoms with Crippen molar-refractivity contribution in [2.45, 2.75) is 26.2 Å². The first kappa shape index (κ1) is 13.6. The van der Waals surface area contributed by atoms with E-state index in [2.05, 4.69) is 17.7 Å². The minimum atomic E-state index is -0.341. The van der Waals surface area contributed by atoms with Crippen LogP contribution in [0.2, 0.25) is 0 Å². The Labute approximate surface area is 113 Å². The number of hydrogen-bond acceptors (Lipinski definition) is 3. The van der Waals surface area contributed by atoms with Gasteiger partial charge >= 0.3 is 5.97 Å². The van der Waals surface area contributed by atoms with Crippen molar-refractivity contribution in [3.8, 4) is 0 Å². The molecular formula is C15H19NO3. The van der Waals surface area contributed by atoms with Crippen LogP contribution in [0.5, 0.6) is 0 Å². The molecule has 1 unspecified atom stereocenters. The third-order valence-corrected chi connectivity index (χ3v) is 3.42. The van der Waals surface area contributed by atoms with E-state index in [1.807, 2.05) is 18.2 Å². The van der Waals surface area contributed by atoms with E-state index in [1.54, 1.807) is 4.90 Å². The van der Waals surface area contributed by atoms with Gasteiger partial charge in [-0.05, 0) is 24.0 Å². The lowest BCUT2D eigenvalue weighted by atomic mass is 9.93. The Morgan fingerprint density at radius 1 is 1.32 bits per heavy atom. The van der Waals surface area contributed by atoms with Crippen molar-refractivity contribution in [1.29, 1.82) is 0 Å². The number of hydrogen-bond donors (Lipinski definition) is 0. The highest BCUT2D eigenvalue weighted by Gasteiger charge is 2.26. The summed E-state index contributed by atoms with van der Waals surface area (Å²) in [6, 6.07) is 7.96. The average molecular weight is 261 g/mol. The minimum absolute atomic E-state index is 0.00981. The molecule has 102 valence electrons. The highest BCUT2D eigenvalue weighted by Crippen LogP contribution is 2.29. The van der Waals surface area contributed by atoms with Crippen molar-refractivity contribution in [2.75, 3.05) is 18.6 Å². The maximum absolute atomic E-state index is 12.2. The zero-order valence-corrected chi connectivity index (χ0v) is 11.4. The van der Waals surface area contributed by atoms with Gasteiger partial charge in [-0.1, -0.05) is 25.1 Å². The molecule has 1 aromatic rings. The first-order valence-electron chi connectivity index (χ1n) is 6.57. The van der Waals surface area contributed by atoms with Crippen LogP contribution in [0.3, 0.4) is 0 Å². The van der Waals surface area contributed by atoms with Crippen molar-refractivity contribution in [2.24, 2.45) is 5.92 Å². The van der Waals surface area contributed by atoms with E-state index in [0.717, 1.165) is 18.7 Å². The van der Waals surface area contributed by atoms with Crippen LogP contribution in [-0.2, 0) is 20.7 Å². The summed E-state index contributed by atoms with van der Waals surface area (Å²) in [5.41, 5.74) is 2.18. The number of carbonyl (C=O) groups is 2. The first-order chi connectivity index (χ1) is 9.11. The minimum Gasteiger partial charge on any atom is -0.469 e. The molecule has 0 saturated carbocycles. The van der Waals surface area contributed by atoms with E-state index in [-0.39, 0.29) is 24.7 Å². The Morgan fingerprint density at radius 2 is 2.05 bits per heavy atom. The highest BCUT2D eigenvalue weighted by molar-refractivity contribution is 5.96. The SMILES string of the molecule is COC(=O)CCC(=O)N1CC(C)Cc2ccccc21. The van der Waals surface area contributed by atoms with E-state index < -0.39 is 0 Å². The topological polar surface area (TPSA) is 46.6 Å². The lowest BCUT2D eigenvalue weighted by Gasteiger charge is -2.33. The molecule has 1 amide bonds. The Hall–Kier alpha value is -1.84. The second-order valence-electron chi connectivity index (χ2n) is 5.02. The van der Waals surface area contributed by atoms with E-state index in [9.17, 15) is 9.59 Å². The van der Waals surface area contributed by atoms with Gasteiger partial charge in [0.1, 0.15) is 0 Å². The number of ether oxygens (including phenoxy) is 1. The number of nitrogens with zero attached hydrogens (tertiary/aromatic N) is 1. The number of rotatable bonds is 3. The molecule has 1 heterocycles. The van der Waals surface area contributed by atoms with Crippen LogP contribution < -0.4 is 4.90 Å². The quantitative estimate of drug-likeness (QED) is 0.783. The second kappa shape index (κ2) is 5.87. The second-order valence-corrected chi connectivity index (χ2v) is 5.02. The van der Waals surface area contributed by atoms with Crippen LogP contribution in [0.1, 0.15) is 25.3 Å². The van der Waals surface area contributed by atoms with Crippen molar-refractivity contribution in [3.05, 3.63) is 29.8 Å². The fourth-order valence-electron chi connectivity index (χ4n) is 2.48.